The average Bonchev–Trinajstić information content (AvgIpc) is 2.73. The van der Waals surface area contributed by atoms with E-state index >= 15 is 0 Å². The fraction of sp³-hybridized carbons (Fsp3) is 0.100. The molecule has 0 aliphatic heterocycles. The summed E-state index contributed by atoms with van der Waals surface area (Å²) in [7, 11) is -3.94. The van der Waals surface area contributed by atoms with E-state index in [9.17, 15) is 13.2 Å². The molecule has 0 saturated heterocycles. The van der Waals surface area contributed by atoms with Crippen LogP contribution in [0.25, 0.3) is 0 Å². The monoisotopic (exact) mass is 316 g/mol. The number of aromatic amines is 1. The SMILES string of the molecule is Cc1nc(NS(=O)(=O)c2ccc(C(=O)O)c(Cl)c2)n[nH]1. The molecule has 1 aromatic carbocycles. The largest absolute Gasteiger partial charge is 0.478 e. The summed E-state index contributed by atoms with van der Waals surface area (Å²) < 4.78 is 26.2. The number of hydrogen-bond donors (Lipinski definition) is 3. The Bertz CT molecular complexity index is 771. The fourth-order valence-corrected chi connectivity index (χ4v) is 2.70. The number of aryl methyl sites for hydroxylation is 1. The number of carboxylic acids is 1. The summed E-state index contributed by atoms with van der Waals surface area (Å²) in [6, 6.07) is 3.30. The highest BCUT2D eigenvalue weighted by Gasteiger charge is 2.19. The van der Waals surface area contributed by atoms with Gasteiger partial charge < -0.3 is 5.11 Å². The molecule has 0 fully saturated rings. The maximum Gasteiger partial charge on any atom is 0.337 e. The van der Waals surface area contributed by atoms with Gasteiger partial charge in [-0.15, -0.1) is 5.10 Å². The predicted octanol–water partition coefficient (Wildman–Crippen LogP) is 1.27. The first-order valence-corrected chi connectivity index (χ1v) is 7.10. The summed E-state index contributed by atoms with van der Waals surface area (Å²) in [6.07, 6.45) is 0. The molecule has 0 unspecified atom stereocenters. The molecule has 0 aliphatic carbocycles. The number of nitrogens with zero attached hydrogens (tertiary/aromatic N) is 2. The van der Waals surface area contributed by atoms with Crippen molar-refractivity contribution in [2.24, 2.45) is 0 Å². The molecule has 0 amide bonds. The summed E-state index contributed by atoms with van der Waals surface area (Å²) in [4.78, 5) is 14.4. The lowest BCUT2D eigenvalue weighted by Gasteiger charge is -2.06. The zero-order valence-corrected chi connectivity index (χ0v) is 11.7. The Morgan fingerprint density at radius 3 is 2.65 bits per heavy atom. The Morgan fingerprint density at radius 2 is 2.15 bits per heavy atom. The second-order valence-electron chi connectivity index (χ2n) is 3.80. The van der Waals surface area contributed by atoms with Crippen molar-refractivity contribution in [2.75, 3.05) is 4.72 Å². The minimum absolute atomic E-state index is 0.110. The minimum atomic E-state index is -3.94. The molecule has 0 aliphatic rings. The molecule has 20 heavy (non-hydrogen) atoms. The molecule has 0 saturated carbocycles. The molecule has 0 radical (unpaired) electrons. The molecule has 2 rings (SSSR count). The number of aromatic carboxylic acids is 1. The van der Waals surface area contributed by atoms with Crippen LogP contribution in [0.3, 0.4) is 0 Å². The lowest BCUT2D eigenvalue weighted by molar-refractivity contribution is 0.0697. The number of carbonyl (C=O) groups is 1. The molecule has 0 atom stereocenters. The number of halogens is 1. The number of rotatable bonds is 4. The van der Waals surface area contributed by atoms with E-state index in [1.54, 1.807) is 6.92 Å². The van der Waals surface area contributed by atoms with Gasteiger partial charge in [0.2, 0.25) is 0 Å². The summed E-state index contributed by atoms with van der Waals surface area (Å²) in [6.45, 7) is 1.61. The van der Waals surface area contributed by atoms with E-state index in [2.05, 4.69) is 19.9 Å². The lowest BCUT2D eigenvalue weighted by atomic mass is 10.2. The van der Waals surface area contributed by atoms with Crippen molar-refractivity contribution in [3.8, 4) is 0 Å². The summed E-state index contributed by atoms with van der Waals surface area (Å²) in [5.41, 5.74) is -0.181. The number of H-pyrrole nitrogens is 1. The zero-order valence-electron chi connectivity index (χ0n) is 10.1. The average molecular weight is 317 g/mol. The smallest absolute Gasteiger partial charge is 0.337 e. The predicted molar refractivity (Wildman–Crippen MR) is 70.3 cm³/mol. The zero-order chi connectivity index (χ0) is 14.9. The van der Waals surface area contributed by atoms with Crippen LogP contribution in [-0.2, 0) is 10.0 Å². The third-order valence-electron chi connectivity index (χ3n) is 2.30. The first kappa shape index (κ1) is 14.3. The Hall–Kier alpha value is -2.13. The molecular weight excluding hydrogens is 308 g/mol. The molecule has 0 spiro atoms. The molecule has 10 heteroatoms. The van der Waals surface area contributed by atoms with Gasteiger partial charge in [0.25, 0.3) is 16.0 Å². The molecule has 1 aromatic heterocycles. The van der Waals surface area contributed by atoms with Gasteiger partial charge in [-0.25, -0.2) is 17.9 Å². The quantitative estimate of drug-likeness (QED) is 0.780. The van der Waals surface area contributed by atoms with Crippen LogP contribution in [-0.4, -0.2) is 34.7 Å². The molecular formula is C10H9ClN4O4S. The first-order chi connectivity index (χ1) is 9.29. The summed E-state index contributed by atoms with van der Waals surface area (Å²) in [5, 5.41) is 14.8. The second kappa shape index (κ2) is 5.10. The Morgan fingerprint density at radius 1 is 1.45 bits per heavy atom. The highest BCUT2D eigenvalue weighted by atomic mass is 35.5. The maximum atomic E-state index is 12.0. The number of carboxylic acid groups (broad SMARTS) is 1. The van der Waals surface area contributed by atoms with Crippen LogP contribution in [0.2, 0.25) is 5.02 Å². The minimum Gasteiger partial charge on any atom is -0.478 e. The second-order valence-corrected chi connectivity index (χ2v) is 5.89. The number of anilines is 1. The first-order valence-electron chi connectivity index (χ1n) is 5.24. The van der Waals surface area contributed by atoms with E-state index in [-0.39, 0.29) is 21.4 Å². The van der Waals surface area contributed by atoms with Gasteiger partial charge in [-0.3, -0.25) is 5.10 Å². The third-order valence-corrected chi connectivity index (χ3v) is 3.94. The van der Waals surface area contributed by atoms with Crippen LogP contribution in [0.15, 0.2) is 23.1 Å². The Balaban J connectivity index is 2.35. The third kappa shape index (κ3) is 2.89. The van der Waals surface area contributed by atoms with Gasteiger partial charge in [0.1, 0.15) is 5.82 Å². The Kier molecular flexibility index (Phi) is 3.64. The van der Waals surface area contributed by atoms with E-state index in [0.29, 0.717) is 5.82 Å². The van der Waals surface area contributed by atoms with Gasteiger partial charge in [0, 0.05) is 0 Å². The van der Waals surface area contributed by atoms with Gasteiger partial charge in [-0.2, -0.15) is 4.98 Å². The molecule has 8 nitrogen and oxygen atoms in total. The van der Waals surface area contributed by atoms with Crippen molar-refractivity contribution in [3.63, 3.8) is 0 Å². The van der Waals surface area contributed by atoms with Gasteiger partial charge in [0.15, 0.2) is 0 Å². The standard InChI is InChI=1S/C10H9ClN4O4S/c1-5-12-10(14-13-5)15-20(18,19)6-2-3-7(9(16)17)8(11)4-6/h2-4H,1H3,(H,16,17)(H2,12,13,14,15). The summed E-state index contributed by atoms with van der Waals surface area (Å²) >= 11 is 5.73. The molecule has 3 N–H and O–H groups in total. The molecule has 1 heterocycles. The van der Waals surface area contributed by atoms with Crippen molar-refractivity contribution in [2.45, 2.75) is 11.8 Å². The van der Waals surface area contributed by atoms with Crippen molar-refractivity contribution in [1.82, 2.24) is 15.2 Å². The number of hydrogen-bond acceptors (Lipinski definition) is 5. The van der Waals surface area contributed by atoms with Gasteiger partial charge in [-0.1, -0.05) is 11.6 Å². The number of aromatic nitrogens is 3. The van der Waals surface area contributed by atoms with E-state index in [4.69, 9.17) is 16.7 Å². The van der Waals surface area contributed by atoms with E-state index in [0.717, 1.165) is 18.2 Å². The Labute approximate surface area is 118 Å². The molecule has 106 valence electrons. The van der Waals surface area contributed by atoms with Crippen LogP contribution in [0.5, 0.6) is 0 Å². The van der Waals surface area contributed by atoms with Crippen molar-refractivity contribution in [1.29, 1.82) is 0 Å². The van der Waals surface area contributed by atoms with Gasteiger partial charge in [0.05, 0.1) is 15.5 Å². The van der Waals surface area contributed by atoms with E-state index in [1.165, 1.54) is 0 Å². The number of sulfonamides is 1. The lowest BCUT2D eigenvalue weighted by Crippen LogP contribution is -2.14. The maximum absolute atomic E-state index is 12.0. The topological polar surface area (TPSA) is 125 Å². The van der Waals surface area contributed by atoms with Crippen molar-refractivity contribution >= 4 is 33.5 Å². The van der Waals surface area contributed by atoms with Crippen LogP contribution >= 0.6 is 11.6 Å². The van der Waals surface area contributed by atoms with E-state index in [1.807, 2.05) is 0 Å². The van der Waals surface area contributed by atoms with Crippen LogP contribution in [0, 0.1) is 6.92 Å². The van der Waals surface area contributed by atoms with E-state index < -0.39 is 16.0 Å². The normalized spacial score (nSPS) is 11.3. The highest BCUT2D eigenvalue weighted by Crippen LogP contribution is 2.22. The van der Waals surface area contributed by atoms with Gasteiger partial charge >= 0.3 is 5.97 Å². The summed E-state index contributed by atoms with van der Waals surface area (Å²) in [5.74, 6) is -0.903. The molecule has 2 aromatic rings. The molecule has 0 bridgehead atoms. The fourth-order valence-electron chi connectivity index (χ4n) is 1.40. The van der Waals surface area contributed by atoms with Gasteiger partial charge in [-0.05, 0) is 25.1 Å². The van der Waals surface area contributed by atoms with Crippen LogP contribution in [0.1, 0.15) is 16.2 Å². The van der Waals surface area contributed by atoms with Crippen molar-refractivity contribution < 1.29 is 18.3 Å². The highest BCUT2D eigenvalue weighted by molar-refractivity contribution is 7.92. The van der Waals surface area contributed by atoms with Crippen LogP contribution < -0.4 is 4.72 Å². The van der Waals surface area contributed by atoms with Crippen LogP contribution in [0.4, 0.5) is 5.95 Å². The number of nitrogens with one attached hydrogen (secondary N) is 2. The van der Waals surface area contributed by atoms with Crippen molar-refractivity contribution in [3.05, 3.63) is 34.6 Å². The number of benzene rings is 1.